The molecule has 7 heteroatoms. The van der Waals surface area contributed by atoms with Gasteiger partial charge in [0.1, 0.15) is 6.04 Å². The van der Waals surface area contributed by atoms with Crippen molar-refractivity contribution in [1.29, 1.82) is 0 Å². The van der Waals surface area contributed by atoms with Gasteiger partial charge in [0.25, 0.3) is 11.8 Å². The van der Waals surface area contributed by atoms with E-state index in [1.807, 2.05) is 6.07 Å². The molecule has 3 rings (SSSR count). The molecular weight excluding hydrogens is 320 g/mol. The van der Waals surface area contributed by atoms with Crippen molar-refractivity contribution in [2.24, 2.45) is 10.2 Å². The number of para-hydroxylation sites is 1. The molecule has 0 saturated heterocycles. The predicted molar refractivity (Wildman–Crippen MR) is 92.9 cm³/mol. The Morgan fingerprint density at radius 1 is 1.08 bits per heavy atom. The Morgan fingerprint density at radius 2 is 1.76 bits per heavy atom. The molecule has 25 heavy (non-hydrogen) atoms. The molecule has 0 aliphatic carbocycles. The van der Waals surface area contributed by atoms with Crippen LogP contribution in [0.25, 0.3) is 10.9 Å². The van der Waals surface area contributed by atoms with Gasteiger partial charge in [-0.3, -0.25) is 9.59 Å². The van der Waals surface area contributed by atoms with E-state index in [1.165, 1.54) is 6.92 Å². The third kappa shape index (κ3) is 3.55. The first-order valence-corrected chi connectivity index (χ1v) is 7.67. The highest BCUT2D eigenvalue weighted by Crippen LogP contribution is 2.35. The molecule has 1 atom stereocenters. The number of aromatic hydroxyl groups is 1. The lowest BCUT2D eigenvalue weighted by Crippen LogP contribution is -2.37. The summed E-state index contributed by atoms with van der Waals surface area (Å²) in [6, 6.07) is 14.9. The van der Waals surface area contributed by atoms with Crippen molar-refractivity contribution >= 4 is 28.4 Å². The van der Waals surface area contributed by atoms with E-state index in [4.69, 9.17) is 0 Å². The Morgan fingerprint density at radius 3 is 2.52 bits per heavy atom. The number of azo groups is 1. The Balaban J connectivity index is 1.71. The van der Waals surface area contributed by atoms with Crippen LogP contribution in [0, 0.1) is 0 Å². The maximum atomic E-state index is 12.1. The second-order valence-electron chi connectivity index (χ2n) is 5.47. The Kier molecular flexibility index (Phi) is 4.56. The number of nitrogens with one attached hydrogen (secondary N) is 2. The number of carbonyl (C=O) groups is 2. The molecule has 2 amide bonds. The zero-order chi connectivity index (χ0) is 17.8. The van der Waals surface area contributed by atoms with E-state index in [9.17, 15) is 14.7 Å². The zero-order valence-corrected chi connectivity index (χ0v) is 13.4. The fourth-order valence-electron chi connectivity index (χ4n) is 2.33. The number of rotatable bonds is 4. The van der Waals surface area contributed by atoms with Crippen molar-refractivity contribution in [3.8, 4) is 5.88 Å². The lowest BCUT2D eigenvalue weighted by Gasteiger charge is -2.09. The van der Waals surface area contributed by atoms with Gasteiger partial charge >= 0.3 is 0 Å². The lowest BCUT2D eigenvalue weighted by molar-refractivity contribution is -0.119. The van der Waals surface area contributed by atoms with E-state index in [0.29, 0.717) is 16.5 Å². The van der Waals surface area contributed by atoms with E-state index in [0.717, 1.165) is 0 Å². The molecule has 0 radical (unpaired) electrons. The van der Waals surface area contributed by atoms with Gasteiger partial charge in [0, 0.05) is 10.9 Å². The molecule has 0 fully saturated rings. The molecule has 3 N–H and O–H groups in total. The molecule has 2 aromatic carbocycles. The standard InChI is InChI=1S/C18H16N4O3/c1-11(19-17(24)12-7-3-2-4-8-12)16(23)22-21-15-13-9-5-6-10-14(13)20-18(15)25/h2-11,20,25H,1H3,(H,19,24)/t11-/m1/s1. The summed E-state index contributed by atoms with van der Waals surface area (Å²) in [5, 5.41) is 20.6. The normalized spacial score (nSPS) is 12.4. The topological polar surface area (TPSA) is 107 Å². The Bertz CT molecular complexity index is 947. The first-order chi connectivity index (χ1) is 12.1. The largest absolute Gasteiger partial charge is 0.493 e. The summed E-state index contributed by atoms with van der Waals surface area (Å²) in [5.41, 5.74) is 1.32. The van der Waals surface area contributed by atoms with Crippen LogP contribution >= 0.6 is 0 Å². The van der Waals surface area contributed by atoms with Crippen LogP contribution in [0.15, 0.2) is 64.8 Å². The lowest BCUT2D eigenvalue weighted by atomic mass is 10.2. The van der Waals surface area contributed by atoms with E-state index < -0.39 is 11.9 Å². The van der Waals surface area contributed by atoms with Crippen molar-refractivity contribution in [2.45, 2.75) is 13.0 Å². The fraction of sp³-hybridized carbons (Fsp3) is 0.111. The van der Waals surface area contributed by atoms with Crippen LogP contribution in [0.4, 0.5) is 5.69 Å². The van der Waals surface area contributed by atoms with Gasteiger partial charge in [-0.2, -0.15) is 0 Å². The number of fused-ring (bicyclic) bond motifs is 1. The molecule has 3 aromatic rings. The fourth-order valence-corrected chi connectivity index (χ4v) is 2.33. The van der Waals surface area contributed by atoms with Gasteiger partial charge in [-0.15, -0.1) is 10.2 Å². The van der Waals surface area contributed by atoms with Crippen LogP contribution in [0.1, 0.15) is 17.3 Å². The maximum absolute atomic E-state index is 12.1. The summed E-state index contributed by atoms with van der Waals surface area (Å²) in [4.78, 5) is 26.9. The van der Waals surface area contributed by atoms with Gasteiger partial charge in [-0.25, -0.2) is 0 Å². The molecule has 7 nitrogen and oxygen atoms in total. The number of carbonyl (C=O) groups excluding carboxylic acids is 2. The van der Waals surface area contributed by atoms with Crippen molar-refractivity contribution in [3.05, 3.63) is 60.2 Å². The molecule has 126 valence electrons. The third-order valence-electron chi connectivity index (χ3n) is 3.66. The Hall–Kier alpha value is -3.48. The first-order valence-electron chi connectivity index (χ1n) is 7.67. The number of hydrogen-bond donors (Lipinski definition) is 3. The number of H-pyrrole nitrogens is 1. The van der Waals surface area contributed by atoms with Crippen molar-refractivity contribution < 1.29 is 14.7 Å². The van der Waals surface area contributed by atoms with E-state index in [-0.39, 0.29) is 17.5 Å². The highest BCUT2D eigenvalue weighted by atomic mass is 16.3. The summed E-state index contributed by atoms with van der Waals surface area (Å²) >= 11 is 0. The number of hydrogen-bond acceptors (Lipinski definition) is 4. The van der Waals surface area contributed by atoms with Crippen LogP contribution in [0.5, 0.6) is 5.88 Å². The van der Waals surface area contributed by atoms with Gasteiger partial charge < -0.3 is 15.4 Å². The van der Waals surface area contributed by atoms with Crippen molar-refractivity contribution in [2.75, 3.05) is 0 Å². The summed E-state index contributed by atoms with van der Waals surface area (Å²) < 4.78 is 0. The second-order valence-corrected chi connectivity index (χ2v) is 5.47. The first kappa shape index (κ1) is 16.4. The number of aromatic nitrogens is 1. The zero-order valence-electron chi connectivity index (χ0n) is 13.4. The van der Waals surface area contributed by atoms with Crippen molar-refractivity contribution in [3.63, 3.8) is 0 Å². The van der Waals surface area contributed by atoms with Crippen molar-refractivity contribution in [1.82, 2.24) is 10.3 Å². The van der Waals surface area contributed by atoms with E-state index >= 15 is 0 Å². The molecule has 0 spiro atoms. The number of nitrogens with zero attached hydrogens (tertiary/aromatic N) is 2. The van der Waals surface area contributed by atoms with Crippen LogP contribution in [0.2, 0.25) is 0 Å². The van der Waals surface area contributed by atoms with Gasteiger partial charge in [-0.1, -0.05) is 36.4 Å². The number of aromatic amines is 1. The average molecular weight is 336 g/mol. The monoisotopic (exact) mass is 336 g/mol. The second kappa shape index (κ2) is 6.96. The van der Waals surface area contributed by atoms with E-state index in [1.54, 1.807) is 48.5 Å². The highest BCUT2D eigenvalue weighted by Gasteiger charge is 2.17. The number of benzene rings is 2. The predicted octanol–water partition coefficient (Wildman–Crippen LogP) is 3.30. The number of amides is 2. The van der Waals surface area contributed by atoms with Crippen LogP contribution in [-0.4, -0.2) is 27.9 Å². The molecule has 1 aromatic heterocycles. The minimum absolute atomic E-state index is 0.168. The summed E-state index contributed by atoms with van der Waals surface area (Å²) in [6.07, 6.45) is 0. The van der Waals surface area contributed by atoms with Crippen LogP contribution in [-0.2, 0) is 4.79 Å². The SMILES string of the molecule is C[C@@H](NC(=O)c1ccccc1)C(=O)N=Nc1c(O)[nH]c2ccccc12. The van der Waals surface area contributed by atoms with Gasteiger partial charge in [0.05, 0.1) is 5.52 Å². The maximum Gasteiger partial charge on any atom is 0.286 e. The van der Waals surface area contributed by atoms with E-state index in [2.05, 4.69) is 20.5 Å². The summed E-state index contributed by atoms with van der Waals surface area (Å²) in [6.45, 7) is 1.53. The van der Waals surface area contributed by atoms with Gasteiger partial charge in [0.15, 0.2) is 5.69 Å². The smallest absolute Gasteiger partial charge is 0.286 e. The molecular formula is C18H16N4O3. The molecule has 0 unspecified atom stereocenters. The van der Waals surface area contributed by atoms with Gasteiger partial charge in [-0.05, 0) is 25.1 Å². The van der Waals surface area contributed by atoms with Gasteiger partial charge in [0.2, 0.25) is 5.88 Å². The minimum atomic E-state index is -0.844. The summed E-state index contributed by atoms with van der Waals surface area (Å²) in [5.74, 6) is -1.15. The molecule has 0 bridgehead atoms. The highest BCUT2D eigenvalue weighted by molar-refractivity contribution is 5.98. The molecule has 1 heterocycles. The Labute approximate surface area is 143 Å². The molecule has 0 aliphatic rings. The quantitative estimate of drug-likeness (QED) is 0.636. The molecule has 0 aliphatic heterocycles. The minimum Gasteiger partial charge on any atom is -0.493 e. The third-order valence-corrected chi connectivity index (χ3v) is 3.66. The summed E-state index contributed by atoms with van der Waals surface area (Å²) in [7, 11) is 0. The molecule has 0 saturated carbocycles. The van der Waals surface area contributed by atoms with Crippen LogP contribution < -0.4 is 5.32 Å². The van der Waals surface area contributed by atoms with Crippen LogP contribution in [0.3, 0.4) is 0 Å². The average Bonchev–Trinajstić information content (AvgIpc) is 2.95.